The van der Waals surface area contributed by atoms with Crippen LogP contribution in [0.1, 0.15) is 31.7 Å². The molecular weight excluding hydrogens is 312 g/mol. The van der Waals surface area contributed by atoms with Gasteiger partial charge >= 0.3 is 0 Å². The number of piperidine rings is 4. The Bertz CT molecular complexity index is 768. The summed E-state index contributed by atoms with van der Waals surface area (Å²) in [4.78, 5) is 2.44. The smallest absolute Gasteiger partial charge is 0.193 e. The predicted molar refractivity (Wildman–Crippen MR) is 96.1 cm³/mol. The molecule has 10 atom stereocenters. The second kappa shape index (κ2) is 4.24. The summed E-state index contributed by atoms with van der Waals surface area (Å²) in [6.07, 6.45) is 2.67. The van der Waals surface area contributed by atoms with Gasteiger partial charge in [-0.2, -0.15) is 0 Å². The summed E-state index contributed by atoms with van der Waals surface area (Å²) < 4.78 is 0.779. The van der Waals surface area contributed by atoms with Gasteiger partial charge in [0.25, 0.3) is 0 Å². The van der Waals surface area contributed by atoms with Gasteiger partial charge < -0.3 is 15.1 Å². The molecule has 2 unspecified atom stereocenters. The largest absolute Gasteiger partial charge is 0.392 e. The van der Waals surface area contributed by atoms with Crippen LogP contribution in [0.15, 0.2) is 24.3 Å². The van der Waals surface area contributed by atoms with Crippen molar-refractivity contribution in [2.75, 3.05) is 19.0 Å². The molecule has 0 amide bonds. The zero-order valence-corrected chi connectivity index (χ0v) is 15.3. The van der Waals surface area contributed by atoms with Crippen LogP contribution < -0.4 is 4.90 Å². The van der Waals surface area contributed by atoms with E-state index in [2.05, 4.69) is 50.2 Å². The minimum atomic E-state index is -0.273. The lowest BCUT2D eigenvalue weighted by molar-refractivity contribution is -1.02. The molecule has 1 aromatic rings. The molecule has 5 aliphatic heterocycles. The molecule has 5 bridgehead atoms. The van der Waals surface area contributed by atoms with Gasteiger partial charge in [0.05, 0.1) is 30.7 Å². The summed E-state index contributed by atoms with van der Waals surface area (Å²) >= 11 is 0. The monoisotopic (exact) mass is 341 g/mol. The Morgan fingerprint density at radius 1 is 1.24 bits per heavy atom. The number of hydrogen-bond acceptors (Lipinski definition) is 3. The average Bonchev–Trinajstić information content (AvgIpc) is 2.99. The summed E-state index contributed by atoms with van der Waals surface area (Å²) in [7, 11) is 4.51. The summed E-state index contributed by atoms with van der Waals surface area (Å²) in [6, 6.07) is 9.87. The van der Waals surface area contributed by atoms with Gasteiger partial charge in [-0.3, -0.25) is 4.48 Å². The second-order valence-electron chi connectivity index (χ2n) is 9.58. The van der Waals surface area contributed by atoms with Gasteiger partial charge in [0.1, 0.15) is 6.04 Å². The number of likely N-dealkylation sites (N-methyl/N-ethyl adjacent to an activating group) is 2. The number of benzene rings is 1. The first-order valence-electron chi connectivity index (χ1n) is 10.0. The molecule has 1 aromatic carbocycles. The predicted octanol–water partition coefficient (Wildman–Crippen LogP) is 1.70. The third-order valence-corrected chi connectivity index (χ3v) is 9.39. The van der Waals surface area contributed by atoms with E-state index in [0.717, 1.165) is 23.7 Å². The Kier molecular flexibility index (Phi) is 2.54. The molecule has 1 saturated carbocycles. The molecule has 6 aliphatic rings. The molecular formula is C21H29N2O2+. The summed E-state index contributed by atoms with van der Waals surface area (Å²) in [5, 5.41) is 23.1. The first-order chi connectivity index (χ1) is 12.0. The van der Waals surface area contributed by atoms with E-state index in [1.165, 1.54) is 11.3 Å². The summed E-state index contributed by atoms with van der Waals surface area (Å²) in [5.74, 6) is 1.17. The van der Waals surface area contributed by atoms with Gasteiger partial charge in [0, 0.05) is 37.4 Å². The van der Waals surface area contributed by atoms with Crippen molar-refractivity contribution >= 4 is 5.69 Å². The fraction of sp³-hybridized carbons (Fsp3) is 0.714. The number of para-hydroxylation sites is 1. The average molecular weight is 341 g/mol. The highest BCUT2D eigenvalue weighted by Crippen LogP contribution is 2.70. The molecule has 2 N–H and O–H groups in total. The maximum Gasteiger partial charge on any atom is 0.193 e. The van der Waals surface area contributed by atoms with Gasteiger partial charge in [0.15, 0.2) is 6.23 Å². The molecule has 4 saturated heterocycles. The number of hydrogen-bond donors (Lipinski definition) is 2. The van der Waals surface area contributed by atoms with E-state index in [1.807, 2.05) is 0 Å². The van der Waals surface area contributed by atoms with Gasteiger partial charge in [0.2, 0.25) is 0 Å². The number of aliphatic hydroxyl groups excluding tert-OH is 2. The molecule has 5 heterocycles. The number of nitrogens with zero attached hydrogens (tertiary/aromatic N) is 2. The lowest BCUT2D eigenvalue weighted by Gasteiger charge is -2.66. The van der Waals surface area contributed by atoms with Crippen molar-refractivity contribution in [1.29, 1.82) is 0 Å². The maximum atomic E-state index is 11.7. The van der Waals surface area contributed by atoms with Crippen LogP contribution in [-0.2, 0) is 5.41 Å². The van der Waals surface area contributed by atoms with Crippen LogP contribution in [0.2, 0.25) is 0 Å². The van der Waals surface area contributed by atoms with Crippen LogP contribution in [0.4, 0.5) is 5.69 Å². The van der Waals surface area contributed by atoms with Crippen molar-refractivity contribution in [2.45, 2.75) is 62.1 Å². The zero-order valence-electron chi connectivity index (χ0n) is 15.3. The van der Waals surface area contributed by atoms with Gasteiger partial charge in [-0.1, -0.05) is 25.1 Å². The Balaban J connectivity index is 1.63. The van der Waals surface area contributed by atoms with Crippen LogP contribution >= 0.6 is 0 Å². The highest BCUT2D eigenvalue weighted by molar-refractivity contribution is 5.66. The molecule has 7 rings (SSSR count). The van der Waals surface area contributed by atoms with Crippen LogP contribution in [0.5, 0.6) is 0 Å². The van der Waals surface area contributed by atoms with E-state index in [1.54, 1.807) is 0 Å². The third kappa shape index (κ3) is 1.27. The Labute approximate surface area is 149 Å². The van der Waals surface area contributed by atoms with Gasteiger partial charge in [-0.15, -0.1) is 0 Å². The topological polar surface area (TPSA) is 43.7 Å². The number of anilines is 1. The SMILES string of the molecule is CC[C@H]1[C@@H]2C[C@H]3[C@@H]4N(C)c5ccccc5[C@]45C[C@@H](C2[C@H]5O)[N+]3(C)[C@@H]1O. The molecule has 25 heavy (non-hydrogen) atoms. The van der Waals surface area contributed by atoms with Crippen molar-refractivity contribution in [1.82, 2.24) is 0 Å². The first kappa shape index (κ1) is 15.0. The first-order valence-corrected chi connectivity index (χ1v) is 10.0. The second-order valence-corrected chi connectivity index (χ2v) is 9.58. The van der Waals surface area contributed by atoms with E-state index in [9.17, 15) is 10.2 Å². The van der Waals surface area contributed by atoms with Gasteiger partial charge in [-0.05, 0) is 24.0 Å². The van der Waals surface area contributed by atoms with Crippen molar-refractivity contribution in [3.05, 3.63) is 29.8 Å². The minimum absolute atomic E-state index is 0.125. The Morgan fingerprint density at radius 3 is 2.76 bits per heavy atom. The van der Waals surface area contributed by atoms with E-state index in [4.69, 9.17) is 0 Å². The summed E-state index contributed by atoms with van der Waals surface area (Å²) in [5.41, 5.74) is 2.54. The fourth-order valence-corrected chi connectivity index (χ4v) is 8.58. The fourth-order valence-electron chi connectivity index (χ4n) is 8.58. The van der Waals surface area contributed by atoms with Crippen molar-refractivity contribution in [2.24, 2.45) is 17.8 Å². The molecule has 0 radical (unpaired) electrons. The Morgan fingerprint density at radius 2 is 2.00 bits per heavy atom. The van der Waals surface area contributed by atoms with Gasteiger partial charge in [-0.25, -0.2) is 0 Å². The maximum absolute atomic E-state index is 11.7. The molecule has 134 valence electrons. The minimum Gasteiger partial charge on any atom is -0.392 e. The number of aliphatic hydroxyl groups is 2. The molecule has 1 spiro atoms. The van der Waals surface area contributed by atoms with Crippen LogP contribution in [0, 0.1) is 17.8 Å². The van der Waals surface area contributed by atoms with E-state index in [0.29, 0.717) is 35.9 Å². The molecule has 4 heteroatoms. The molecule has 5 fully saturated rings. The lowest BCUT2D eigenvalue weighted by atomic mass is 9.61. The molecule has 0 aromatic heterocycles. The standard InChI is InChI=1S/C21H29N2O2/c1-4-11-12-9-15-18-21(13-7-5-6-8-14(13)22(18)2)10-16(17(12)19(21)24)23(15,3)20(11)25/h5-8,11-12,15-20,24-25H,4,9-10H2,1-3H3/q+1/t11-,12-,15-,16-,17?,18-,19+,20+,21+,23?/m0/s1. The lowest BCUT2D eigenvalue weighted by Crippen LogP contribution is -2.81. The van der Waals surface area contributed by atoms with Crippen molar-refractivity contribution < 1.29 is 14.7 Å². The number of quaternary nitrogens is 1. The van der Waals surface area contributed by atoms with Crippen LogP contribution in [0.3, 0.4) is 0 Å². The van der Waals surface area contributed by atoms with Crippen molar-refractivity contribution in [3.63, 3.8) is 0 Å². The summed E-state index contributed by atoms with van der Waals surface area (Å²) in [6.45, 7) is 2.21. The van der Waals surface area contributed by atoms with Crippen LogP contribution in [0.25, 0.3) is 0 Å². The van der Waals surface area contributed by atoms with E-state index < -0.39 is 0 Å². The zero-order chi connectivity index (χ0) is 17.3. The number of fused-ring (bicyclic) bond motifs is 2. The van der Waals surface area contributed by atoms with E-state index in [-0.39, 0.29) is 17.7 Å². The molecule has 4 nitrogen and oxygen atoms in total. The quantitative estimate of drug-likeness (QED) is 0.764. The van der Waals surface area contributed by atoms with Crippen molar-refractivity contribution in [3.8, 4) is 0 Å². The normalized spacial score (nSPS) is 57.1. The third-order valence-electron chi connectivity index (χ3n) is 9.39. The Hall–Kier alpha value is -1.10. The van der Waals surface area contributed by atoms with Crippen LogP contribution in [-0.4, -0.2) is 59.2 Å². The van der Waals surface area contributed by atoms with E-state index >= 15 is 0 Å². The number of rotatable bonds is 1. The molecule has 1 aliphatic carbocycles. The highest BCUT2D eigenvalue weighted by Gasteiger charge is 2.82. The highest BCUT2D eigenvalue weighted by atomic mass is 16.3.